The van der Waals surface area contributed by atoms with Crippen molar-refractivity contribution in [3.63, 3.8) is 0 Å². The van der Waals surface area contributed by atoms with E-state index < -0.39 is 0 Å². The molecule has 1 heteroatoms. The molecule has 0 spiro atoms. The molecular weight excluding hydrogens is 184 g/mol. The first-order chi connectivity index (χ1) is 6.86. The predicted octanol–water partition coefficient (Wildman–Crippen LogP) is 1.10. The number of hydrogen-bond donors (Lipinski definition) is 0. The number of hydrogen-bond acceptors (Lipinski definition) is 0. The zero-order valence-electron chi connectivity index (χ0n) is 8.25. The molecule has 0 bridgehead atoms. The smallest absolute Gasteiger partial charge is 0.0627 e. The van der Waals surface area contributed by atoms with Crippen LogP contribution in [0.5, 0.6) is 0 Å². The van der Waals surface area contributed by atoms with Crippen molar-refractivity contribution >= 4 is 19.9 Å². The van der Waals surface area contributed by atoms with Crippen LogP contribution in [0.3, 0.4) is 0 Å². The molecule has 2 aromatic carbocycles. The van der Waals surface area contributed by atoms with Crippen molar-refractivity contribution < 1.29 is 0 Å². The highest BCUT2D eigenvalue weighted by atomic mass is 28.2. The van der Waals surface area contributed by atoms with Crippen LogP contribution in [-0.2, 0) is 0 Å². The average molecular weight is 196 g/mol. The van der Waals surface area contributed by atoms with Gasteiger partial charge in [-0.3, -0.25) is 0 Å². The quantitative estimate of drug-likeness (QED) is 0.472. The van der Waals surface area contributed by atoms with Crippen LogP contribution in [0.4, 0.5) is 0 Å². The summed E-state index contributed by atoms with van der Waals surface area (Å²) < 4.78 is 0. The summed E-state index contributed by atoms with van der Waals surface area (Å²) in [7, 11) is -0.189. The van der Waals surface area contributed by atoms with Crippen molar-refractivity contribution in [3.05, 3.63) is 48.0 Å². The van der Waals surface area contributed by atoms with Gasteiger partial charge in [0.25, 0.3) is 0 Å². The Morgan fingerprint density at radius 3 is 2.57 bits per heavy atom. The van der Waals surface area contributed by atoms with Gasteiger partial charge in [-0.15, -0.1) is 0 Å². The van der Waals surface area contributed by atoms with E-state index in [0.717, 1.165) is 0 Å². The molecular formula is C13H12Si. The molecule has 0 saturated carbocycles. The van der Waals surface area contributed by atoms with Gasteiger partial charge in [-0.2, -0.15) is 0 Å². The lowest BCUT2D eigenvalue weighted by atomic mass is 10.0. The van der Waals surface area contributed by atoms with E-state index in [-0.39, 0.29) is 9.52 Å². The van der Waals surface area contributed by atoms with Crippen molar-refractivity contribution in [2.45, 2.75) is 6.92 Å². The molecule has 0 nitrogen and oxygen atoms in total. The lowest BCUT2D eigenvalue weighted by molar-refractivity contribution is 1.52. The molecule has 0 amide bonds. The lowest BCUT2D eigenvalue weighted by Crippen LogP contribution is -2.22. The molecule has 0 fully saturated rings. The van der Waals surface area contributed by atoms with Crippen LogP contribution in [-0.4, -0.2) is 9.52 Å². The Morgan fingerprint density at radius 1 is 0.857 bits per heavy atom. The fourth-order valence-electron chi connectivity index (χ4n) is 2.32. The summed E-state index contributed by atoms with van der Waals surface area (Å²) in [5, 5.41) is 3.26. The van der Waals surface area contributed by atoms with E-state index in [9.17, 15) is 0 Å². The summed E-state index contributed by atoms with van der Waals surface area (Å²) in [6.45, 7) is 2.23. The van der Waals surface area contributed by atoms with Crippen molar-refractivity contribution in [2.24, 2.45) is 0 Å². The molecule has 2 aromatic rings. The fourth-order valence-corrected chi connectivity index (χ4v) is 4.35. The summed E-state index contributed by atoms with van der Waals surface area (Å²) in [6, 6.07) is 15.5. The summed E-state index contributed by atoms with van der Waals surface area (Å²) >= 11 is 0. The molecule has 1 aliphatic heterocycles. The second-order valence-electron chi connectivity index (χ2n) is 3.93. The van der Waals surface area contributed by atoms with Crippen LogP contribution in [0.2, 0.25) is 0 Å². The van der Waals surface area contributed by atoms with Crippen LogP contribution in [0.1, 0.15) is 5.56 Å². The van der Waals surface area contributed by atoms with E-state index in [1.54, 1.807) is 10.4 Å². The number of benzene rings is 2. The number of fused-ring (bicyclic) bond motifs is 3. The summed E-state index contributed by atoms with van der Waals surface area (Å²) in [5.74, 6) is 0. The van der Waals surface area contributed by atoms with Crippen molar-refractivity contribution in [1.29, 1.82) is 0 Å². The highest BCUT2D eigenvalue weighted by molar-refractivity contribution is 6.73. The van der Waals surface area contributed by atoms with E-state index >= 15 is 0 Å². The Hall–Kier alpha value is -1.34. The van der Waals surface area contributed by atoms with Gasteiger partial charge >= 0.3 is 0 Å². The first kappa shape index (κ1) is 8.01. The highest BCUT2D eigenvalue weighted by Crippen LogP contribution is 2.20. The van der Waals surface area contributed by atoms with Gasteiger partial charge in [0, 0.05) is 0 Å². The fraction of sp³-hybridized carbons (Fsp3) is 0.0769. The molecule has 1 heterocycles. The SMILES string of the molecule is Cc1cccc2c1[SiH2]c1ccccc1-2. The van der Waals surface area contributed by atoms with E-state index in [1.165, 1.54) is 16.7 Å². The second-order valence-corrected chi connectivity index (χ2v) is 5.76. The van der Waals surface area contributed by atoms with Gasteiger partial charge in [0.15, 0.2) is 0 Å². The zero-order chi connectivity index (χ0) is 9.54. The average Bonchev–Trinajstić information content (AvgIpc) is 2.59. The molecule has 0 aromatic heterocycles. The summed E-state index contributed by atoms with van der Waals surface area (Å²) in [5.41, 5.74) is 4.45. The summed E-state index contributed by atoms with van der Waals surface area (Å²) in [6.07, 6.45) is 0. The molecule has 0 unspecified atom stereocenters. The Bertz CT molecular complexity index is 500. The Morgan fingerprint density at radius 2 is 1.64 bits per heavy atom. The maximum absolute atomic E-state index is 2.29. The Kier molecular flexibility index (Phi) is 1.61. The minimum absolute atomic E-state index is 0.189. The molecule has 0 atom stereocenters. The van der Waals surface area contributed by atoms with Crippen molar-refractivity contribution in [2.75, 3.05) is 0 Å². The number of aryl methyl sites for hydroxylation is 1. The normalized spacial score (nSPS) is 14.1. The topological polar surface area (TPSA) is 0 Å². The van der Waals surface area contributed by atoms with E-state index in [4.69, 9.17) is 0 Å². The van der Waals surface area contributed by atoms with Gasteiger partial charge in [0.2, 0.25) is 0 Å². The van der Waals surface area contributed by atoms with E-state index in [0.29, 0.717) is 0 Å². The van der Waals surface area contributed by atoms with Gasteiger partial charge < -0.3 is 0 Å². The first-order valence-electron chi connectivity index (χ1n) is 5.03. The third kappa shape index (κ3) is 0.992. The van der Waals surface area contributed by atoms with Crippen LogP contribution in [0.15, 0.2) is 42.5 Å². The summed E-state index contributed by atoms with van der Waals surface area (Å²) in [4.78, 5) is 0. The van der Waals surface area contributed by atoms with Gasteiger partial charge in [0.1, 0.15) is 0 Å². The maximum atomic E-state index is 2.29. The maximum Gasteiger partial charge on any atom is 0.0894 e. The van der Waals surface area contributed by atoms with E-state index in [2.05, 4.69) is 49.4 Å². The van der Waals surface area contributed by atoms with Crippen molar-refractivity contribution in [1.82, 2.24) is 0 Å². The standard InChI is InChI=1S/C13H12Si/c1-9-5-4-7-11-10-6-2-3-8-12(10)14-13(9)11/h2-8H,14H2,1H3. The van der Waals surface area contributed by atoms with E-state index in [1.807, 2.05) is 0 Å². The molecule has 0 radical (unpaired) electrons. The van der Waals surface area contributed by atoms with Gasteiger partial charge in [0.05, 0.1) is 9.52 Å². The minimum Gasteiger partial charge on any atom is -0.0627 e. The second kappa shape index (κ2) is 2.82. The third-order valence-corrected chi connectivity index (χ3v) is 5.37. The monoisotopic (exact) mass is 196 g/mol. The largest absolute Gasteiger partial charge is 0.0894 e. The Balaban J connectivity index is 2.33. The van der Waals surface area contributed by atoms with Crippen LogP contribution in [0.25, 0.3) is 11.1 Å². The highest BCUT2D eigenvalue weighted by Gasteiger charge is 2.18. The first-order valence-corrected chi connectivity index (χ1v) is 6.44. The molecule has 0 N–H and O–H groups in total. The molecule has 0 aliphatic carbocycles. The zero-order valence-corrected chi connectivity index (χ0v) is 9.66. The van der Waals surface area contributed by atoms with Gasteiger partial charge in [-0.25, -0.2) is 0 Å². The minimum atomic E-state index is -0.189. The van der Waals surface area contributed by atoms with Crippen LogP contribution < -0.4 is 10.4 Å². The molecule has 0 saturated heterocycles. The van der Waals surface area contributed by atoms with Crippen LogP contribution in [0, 0.1) is 6.92 Å². The Labute approximate surface area is 86.4 Å². The van der Waals surface area contributed by atoms with Gasteiger partial charge in [-0.05, 0) is 18.1 Å². The van der Waals surface area contributed by atoms with Gasteiger partial charge in [-0.1, -0.05) is 58.4 Å². The predicted molar refractivity (Wildman–Crippen MR) is 64.4 cm³/mol. The lowest BCUT2D eigenvalue weighted by Gasteiger charge is -2.02. The molecule has 3 rings (SSSR count). The molecule has 68 valence electrons. The molecule has 1 aliphatic rings. The molecule has 14 heavy (non-hydrogen) atoms. The van der Waals surface area contributed by atoms with Crippen LogP contribution >= 0.6 is 0 Å². The third-order valence-electron chi connectivity index (χ3n) is 3.09. The number of rotatable bonds is 0. The van der Waals surface area contributed by atoms with Crippen molar-refractivity contribution in [3.8, 4) is 11.1 Å².